The highest BCUT2D eigenvalue weighted by molar-refractivity contribution is 6.02. The highest BCUT2D eigenvalue weighted by Crippen LogP contribution is 2.26. The van der Waals surface area contributed by atoms with E-state index >= 15 is 0 Å². The molecule has 0 spiro atoms. The van der Waals surface area contributed by atoms with Gasteiger partial charge >= 0.3 is 6.16 Å². The van der Waals surface area contributed by atoms with Crippen LogP contribution in [0.3, 0.4) is 0 Å². The molecular weight excluding hydrogens is 552 g/mol. The third-order valence-electron chi connectivity index (χ3n) is 6.85. The summed E-state index contributed by atoms with van der Waals surface area (Å²) in [5.74, 6) is -2.86. The largest absolute Gasteiger partial charge is 0.507 e. The minimum absolute atomic E-state index is 0.0185. The second-order valence-corrected chi connectivity index (χ2v) is 10.4. The lowest BCUT2D eigenvalue weighted by molar-refractivity contribution is -0.142. The maximum absolute atomic E-state index is 13.5. The summed E-state index contributed by atoms with van der Waals surface area (Å²) < 4.78 is 14.6. The van der Waals surface area contributed by atoms with Gasteiger partial charge in [0, 0.05) is 30.3 Å². The number of carbonyl (C=O) groups excluding carboxylic acids is 5. The Balaban J connectivity index is 1.77. The van der Waals surface area contributed by atoms with Crippen molar-refractivity contribution < 1.29 is 48.1 Å². The maximum Gasteiger partial charge on any atom is 0.507 e. The molecule has 1 aliphatic heterocycles. The van der Waals surface area contributed by atoms with Gasteiger partial charge < -0.3 is 34.9 Å². The van der Waals surface area contributed by atoms with Crippen molar-refractivity contribution >= 4 is 46.5 Å². The molecule has 2 aromatic rings. The van der Waals surface area contributed by atoms with Crippen LogP contribution in [0, 0.1) is 11.8 Å². The number of amides is 4. The van der Waals surface area contributed by atoms with Gasteiger partial charge in [0.1, 0.15) is 24.1 Å². The molecule has 14 nitrogen and oxygen atoms in total. The first-order valence-corrected chi connectivity index (χ1v) is 13.5. The number of Topliss-reactive ketones (excluding diaryl/α,β-unsaturated/α-hetero) is 1. The van der Waals surface area contributed by atoms with Crippen molar-refractivity contribution in [2.75, 3.05) is 27.1 Å². The smallest absolute Gasteiger partial charge is 0.496 e. The molecule has 1 fully saturated rings. The molecule has 4 amide bonds. The Bertz CT molecular complexity index is 1340. The molecule has 0 radical (unpaired) electrons. The van der Waals surface area contributed by atoms with E-state index in [-0.39, 0.29) is 31.0 Å². The fourth-order valence-electron chi connectivity index (χ4n) is 4.80. The number of aromatic nitrogens is 1. The van der Waals surface area contributed by atoms with Crippen molar-refractivity contribution in [2.24, 2.45) is 11.8 Å². The Morgan fingerprint density at radius 1 is 1.14 bits per heavy atom. The van der Waals surface area contributed by atoms with Gasteiger partial charge in [-0.1, -0.05) is 19.9 Å². The Hall–Kier alpha value is -4.46. The van der Waals surface area contributed by atoms with Crippen molar-refractivity contribution in [3.63, 3.8) is 0 Å². The van der Waals surface area contributed by atoms with Gasteiger partial charge in [0.05, 0.1) is 13.2 Å². The molecule has 1 aromatic heterocycles. The van der Waals surface area contributed by atoms with Crippen LogP contribution < -0.4 is 15.4 Å². The number of ketones is 1. The average molecular weight is 589 g/mol. The van der Waals surface area contributed by atoms with Crippen molar-refractivity contribution in [2.45, 2.75) is 52.1 Å². The lowest BCUT2D eigenvalue weighted by Crippen LogP contribution is -2.53. The lowest BCUT2D eigenvalue weighted by Gasteiger charge is -2.25. The molecule has 14 heteroatoms. The third kappa shape index (κ3) is 8.28. The van der Waals surface area contributed by atoms with Gasteiger partial charge in [0.2, 0.25) is 17.7 Å². The Labute approximate surface area is 242 Å². The minimum atomic E-state index is -1.59. The van der Waals surface area contributed by atoms with Crippen LogP contribution >= 0.6 is 0 Å². The van der Waals surface area contributed by atoms with Gasteiger partial charge in [0.15, 0.2) is 12.6 Å². The van der Waals surface area contributed by atoms with Crippen molar-refractivity contribution in [3.8, 4) is 5.75 Å². The monoisotopic (exact) mass is 588 g/mol. The van der Waals surface area contributed by atoms with E-state index in [4.69, 9.17) is 14.6 Å². The number of methoxy groups -OCH3 is 1. The predicted octanol–water partition coefficient (Wildman–Crippen LogP) is 1.83. The van der Waals surface area contributed by atoms with Gasteiger partial charge in [-0.15, -0.1) is 0 Å². The molecule has 0 aliphatic carbocycles. The van der Waals surface area contributed by atoms with Crippen LogP contribution in [0.15, 0.2) is 24.3 Å². The van der Waals surface area contributed by atoms with Crippen molar-refractivity contribution in [1.82, 2.24) is 20.5 Å². The zero-order chi connectivity index (χ0) is 31.0. The molecule has 0 saturated carbocycles. The molecule has 42 heavy (non-hydrogen) atoms. The van der Waals surface area contributed by atoms with E-state index in [0.29, 0.717) is 23.1 Å². The Morgan fingerprint density at radius 3 is 2.50 bits per heavy atom. The van der Waals surface area contributed by atoms with Gasteiger partial charge in [-0.2, -0.15) is 0 Å². The van der Waals surface area contributed by atoms with Crippen LogP contribution in [0.1, 0.15) is 50.5 Å². The number of imide groups is 1. The van der Waals surface area contributed by atoms with E-state index in [0.717, 1.165) is 4.90 Å². The molecule has 1 aromatic carbocycles. The van der Waals surface area contributed by atoms with Gasteiger partial charge in [0.25, 0.3) is 5.91 Å². The fraction of sp³-hybridized carbons (Fsp3) is 0.500. The highest BCUT2D eigenvalue weighted by Gasteiger charge is 2.38. The van der Waals surface area contributed by atoms with Crippen molar-refractivity contribution in [3.05, 3.63) is 30.0 Å². The lowest BCUT2D eigenvalue weighted by atomic mass is 9.95. The molecular formula is C28H36N4O10. The van der Waals surface area contributed by atoms with Gasteiger partial charge in [-0.05, 0) is 43.4 Å². The number of carboxylic acid groups (broad SMARTS) is 1. The first-order chi connectivity index (χ1) is 19.9. The number of nitrogens with one attached hydrogen (secondary N) is 3. The molecule has 1 aliphatic rings. The normalized spacial score (nSPS) is 16.3. The zero-order valence-electron chi connectivity index (χ0n) is 23.9. The number of rotatable bonds is 14. The molecule has 228 valence electrons. The predicted molar refractivity (Wildman–Crippen MR) is 148 cm³/mol. The number of hydrogen-bond acceptors (Lipinski definition) is 9. The zero-order valence-corrected chi connectivity index (χ0v) is 23.9. The number of nitrogens with zero attached hydrogens (tertiary/aromatic N) is 1. The molecule has 4 N–H and O–H groups in total. The SMILES string of the molecule is COc1cccc2[nH]c(C(=O)N[C@@H](CC(C)C)C(=O)N[C@@H](C[C@@H]3CCN(C(C)=O)C3=O)C(=O)COCOC(=O)O)cc12. The second-order valence-electron chi connectivity index (χ2n) is 10.4. The van der Waals surface area contributed by atoms with Crippen LogP contribution in [0.4, 0.5) is 4.79 Å². The summed E-state index contributed by atoms with van der Waals surface area (Å²) in [4.78, 5) is 78.9. The van der Waals surface area contributed by atoms with Crippen LogP contribution in [-0.4, -0.2) is 89.7 Å². The van der Waals surface area contributed by atoms with E-state index in [2.05, 4.69) is 20.4 Å². The Kier molecular flexibility index (Phi) is 11.0. The molecule has 3 atom stereocenters. The summed E-state index contributed by atoms with van der Waals surface area (Å²) in [6.07, 6.45) is -1.16. The van der Waals surface area contributed by atoms with Crippen LogP contribution in [0.2, 0.25) is 0 Å². The van der Waals surface area contributed by atoms with E-state index in [9.17, 15) is 28.8 Å². The van der Waals surface area contributed by atoms with E-state index in [1.165, 1.54) is 14.0 Å². The third-order valence-corrected chi connectivity index (χ3v) is 6.85. The number of benzene rings is 1. The number of hydrogen-bond donors (Lipinski definition) is 4. The Morgan fingerprint density at radius 2 is 1.88 bits per heavy atom. The van der Waals surface area contributed by atoms with E-state index < -0.39 is 67.0 Å². The number of aromatic amines is 1. The number of fused-ring (bicyclic) bond motifs is 1. The quantitative estimate of drug-likeness (QED) is 0.144. The average Bonchev–Trinajstić information content (AvgIpc) is 3.53. The number of likely N-dealkylation sites (tertiary alicyclic amines) is 1. The van der Waals surface area contributed by atoms with Crippen LogP contribution in [0.25, 0.3) is 10.9 Å². The summed E-state index contributed by atoms with van der Waals surface area (Å²) in [6.45, 7) is 3.89. The summed E-state index contributed by atoms with van der Waals surface area (Å²) in [7, 11) is 1.52. The first kappa shape index (κ1) is 32.1. The second kappa shape index (κ2) is 14.4. The highest BCUT2D eigenvalue weighted by atomic mass is 16.7. The standard InChI is InChI=1S/C28H36N4O10/c1-15(2)10-21(31-26(36)22-12-18-19(29-22)6-5-7-24(18)40-4)25(35)30-20(23(34)13-41-14-42-28(38)39)11-17-8-9-32(16(3)33)27(17)37/h5-7,12,15,17,20-21,29H,8-11,13-14H2,1-4H3,(H,30,35)(H,31,36)(H,38,39)/t17-,20-,21-/m0/s1. The number of ether oxygens (including phenoxy) is 3. The summed E-state index contributed by atoms with van der Waals surface area (Å²) in [5.41, 5.74) is 0.874. The van der Waals surface area contributed by atoms with Gasteiger partial charge in [-0.25, -0.2) is 4.79 Å². The molecule has 0 bridgehead atoms. The summed E-state index contributed by atoms with van der Waals surface area (Å²) in [5, 5.41) is 14.6. The fourth-order valence-corrected chi connectivity index (χ4v) is 4.80. The summed E-state index contributed by atoms with van der Waals surface area (Å²) in [6, 6.07) is 4.67. The molecule has 2 heterocycles. The molecule has 1 saturated heterocycles. The number of H-pyrrole nitrogens is 1. The summed E-state index contributed by atoms with van der Waals surface area (Å²) >= 11 is 0. The molecule has 3 rings (SSSR count). The first-order valence-electron chi connectivity index (χ1n) is 13.5. The van der Waals surface area contributed by atoms with Crippen LogP contribution in [0.5, 0.6) is 5.75 Å². The molecule has 0 unspecified atom stereocenters. The topological polar surface area (TPSA) is 193 Å². The van der Waals surface area contributed by atoms with Gasteiger partial charge in [-0.3, -0.25) is 28.9 Å². The van der Waals surface area contributed by atoms with Crippen LogP contribution in [-0.2, 0) is 28.7 Å². The van der Waals surface area contributed by atoms with E-state index in [1.54, 1.807) is 24.3 Å². The van der Waals surface area contributed by atoms with Crippen molar-refractivity contribution in [1.29, 1.82) is 0 Å². The maximum atomic E-state index is 13.5. The number of carbonyl (C=O) groups is 6. The minimum Gasteiger partial charge on any atom is -0.496 e. The van der Waals surface area contributed by atoms with E-state index in [1.807, 2.05) is 13.8 Å².